The fraction of sp³-hybridized carbons (Fsp3) is 0.125. The summed E-state index contributed by atoms with van der Waals surface area (Å²) in [5.74, 6) is 2.20. The first-order chi connectivity index (χ1) is 11.3. The molecule has 126 valence electrons. The molecular formula is C16H16N2O5S. The number of hydrogen-bond donors (Lipinski definition) is 3. The van der Waals surface area contributed by atoms with Gasteiger partial charge < -0.3 is 5.11 Å². The molecule has 0 saturated heterocycles. The molecule has 24 heavy (non-hydrogen) atoms. The molecule has 2 aromatic carbocycles. The zero-order chi connectivity index (χ0) is 17.7. The first kappa shape index (κ1) is 17.6. The number of carboxylic acid groups (broad SMARTS) is 1. The zero-order valence-corrected chi connectivity index (χ0v) is 13.4. The van der Waals surface area contributed by atoms with E-state index in [0.29, 0.717) is 5.56 Å². The first-order valence-electron chi connectivity index (χ1n) is 6.93. The number of nitrogens with one attached hydrogen (secondary N) is 1. The molecule has 0 unspecified atom stereocenters. The van der Waals surface area contributed by atoms with E-state index in [2.05, 4.69) is 0 Å². The predicted octanol–water partition coefficient (Wildman–Crippen LogP) is 0.957. The van der Waals surface area contributed by atoms with Gasteiger partial charge in [0.15, 0.2) is 9.84 Å². The first-order valence-corrected chi connectivity index (χ1v) is 8.75. The van der Waals surface area contributed by atoms with E-state index in [1.807, 2.05) is 0 Å². The molecular weight excluding hydrogens is 332 g/mol. The Morgan fingerprint density at radius 3 is 1.92 bits per heavy atom. The van der Waals surface area contributed by atoms with E-state index < -0.39 is 27.5 Å². The highest BCUT2D eigenvalue weighted by Gasteiger charge is 2.16. The van der Waals surface area contributed by atoms with E-state index in [1.165, 1.54) is 12.1 Å². The summed E-state index contributed by atoms with van der Waals surface area (Å²) in [4.78, 5) is 21.9. The molecule has 2 aromatic rings. The van der Waals surface area contributed by atoms with Gasteiger partial charge in [0, 0.05) is 0 Å². The number of carboxylic acids is 1. The monoisotopic (exact) mass is 348 g/mol. The Balaban J connectivity index is 2.13. The minimum Gasteiger partial charge on any atom is -0.478 e. The maximum Gasteiger partial charge on any atom is 0.335 e. The summed E-state index contributed by atoms with van der Waals surface area (Å²) < 4.78 is 23.7. The standard InChI is InChI=1S/C16H16N2O5S/c17-18-15(19)10-24(22,23)9-11-1-3-12(4-2-11)13-5-7-14(8-6-13)16(20)21/h1-8H,9-10,17H2,(H,18,19)(H,20,21). The van der Waals surface area contributed by atoms with Crippen LogP contribution in [-0.2, 0) is 20.4 Å². The third-order valence-electron chi connectivity index (χ3n) is 3.32. The molecule has 0 aliphatic rings. The summed E-state index contributed by atoms with van der Waals surface area (Å²) >= 11 is 0. The molecule has 0 bridgehead atoms. The zero-order valence-electron chi connectivity index (χ0n) is 12.6. The number of sulfone groups is 1. The van der Waals surface area contributed by atoms with Gasteiger partial charge in [-0.15, -0.1) is 0 Å². The van der Waals surface area contributed by atoms with Crippen LogP contribution in [0.5, 0.6) is 0 Å². The molecule has 7 nitrogen and oxygen atoms in total. The maximum absolute atomic E-state index is 11.9. The second-order valence-electron chi connectivity index (χ2n) is 5.18. The van der Waals surface area contributed by atoms with Crippen LogP contribution in [0, 0.1) is 0 Å². The van der Waals surface area contributed by atoms with Gasteiger partial charge in [0.2, 0.25) is 5.91 Å². The highest BCUT2D eigenvalue weighted by molar-refractivity contribution is 7.91. The van der Waals surface area contributed by atoms with Crippen LogP contribution in [0.15, 0.2) is 48.5 Å². The van der Waals surface area contributed by atoms with E-state index in [9.17, 15) is 18.0 Å². The van der Waals surface area contributed by atoms with Gasteiger partial charge in [0.05, 0.1) is 11.3 Å². The number of hydrazine groups is 1. The van der Waals surface area contributed by atoms with Crippen molar-refractivity contribution in [1.82, 2.24) is 5.43 Å². The second-order valence-corrected chi connectivity index (χ2v) is 7.24. The van der Waals surface area contributed by atoms with Crippen molar-refractivity contribution in [2.75, 3.05) is 5.75 Å². The lowest BCUT2D eigenvalue weighted by Gasteiger charge is -2.06. The van der Waals surface area contributed by atoms with Crippen molar-refractivity contribution in [1.29, 1.82) is 0 Å². The van der Waals surface area contributed by atoms with Crippen LogP contribution in [0.1, 0.15) is 15.9 Å². The minimum atomic E-state index is -3.60. The molecule has 0 aliphatic carbocycles. The van der Waals surface area contributed by atoms with E-state index >= 15 is 0 Å². The van der Waals surface area contributed by atoms with Gasteiger partial charge in [-0.25, -0.2) is 19.1 Å². The van der Waals surface area contributed by atoms with Gasteiger partial charge >= 0.3 is 5.97 Å². The Hall–Kier alpha value is -2.71. The number of nitrogens with two attached hydrogens (primary N) is 1. The molecule has 0 aromatic heterocycles. The summed E-state index contributed by atoms with van der Waals surface area (Å²) in [5.41, 5.74) is 4.17. The van der Waals surface area contributed by atoms with Crippen molar-refractivity contribution < 1.29 is 23.1 Å². The molecule has 0 atom stereocenters. The lowest BCUT2D eigenvalue weighted by atomic mass is 10.0. The average molecular weight is 348 g/mol. The van der Waals surface area contributed by atoms with Crippen molar-refractivity contribution >= 4 is 21.7 Å². The largest absolute Gasteiger partial charge is 0.478 e. The van der Waals surface area contributed by atoms with Crippen molar-refractivity contribution in [3.63, 3.8) is 0 Å². The normalized spacial score (nSPS) is 11.0. The molecule has 0 aliphatic heterocycles. The number of carbonyl (C=O) groups is 2. The van der Waals surface area contributed by atoms with Crippen LogP contribution in [0.3, 0.4) is 0 Å². The smallest absolute Gasteiger partial charge is 0.335 e. The number of hydrogen-bond acceptors (Lipinski definition) is 5. The second kappa shape index (κ2) is 7.24. The van der Waals surface area contributed by atoms with Crippen LogP contribution < -0.4 is 11.3 Å². The maximum atomic E-state index is 11.9. The number of amides is 1. The summed E-state index contributed by atoms with van der Waals surface area (Å²) in [6, 6.07) is 13.1. The Bertz CT molecular complexity index is 843. The van der Waals surface area contributed by atoms with Crippen molar-refractivity contribution in [2.24, 2.45) is 5.84 Å². The van der Waals surface area contributed by atoms with Gasteiger partial charge in [0.25, 0.3) is 0 Å². The molecule has 8 heteroatoms. The summed E-state index contributed by atoms with van der Waals surface area (Å²) in [6.45, 7) is 0. The Kier molecular flexibility index (Phi) is 5.32. The highest BCUT2D eigenvalue weighted by atomic mass is 32.2. The van der Waals surface area contributed by atoms with E-state index in [4.69, 9.17) is 10.9 Å². The van der Waals surface area contributed by atoms with Gasteiger partial charge in [-0.1, -0.05) is 36.4 Å². The molecule has 1 amide bonds. The van der Waals surface area contributed by atoms with Gasteiger partial charge in [0.1, 0.15) is 5.75 Å². The van der Waals surface area contributed by atoms with Crippen molar-refractivity contribution in [3.05, 3.63) is 59.7 Å². The van der Waals surface area contributed by atoms with Crippen LogP contribution in [0.4, 0.5) is 0 Å². The average Bonchev–Trinajstić information content (AvgIpc) is 2.54. The topological polar surface area (TPSA) is 127 Å². The quantitative estimate of drug-likeness (QED) is 0.405. The fourth-order valence-electron chi connectivity index (χ4n) is 2.15. The van der Waals surface area contributed by atoms with Crippen LogP contribution >= 0.6 is 0 Å². The third-order valence-corrected chi connectivity index (χ3v) is 4.79. The van der Waals surface area contributed by atoms with Crippen molar-refractivity contribution in [2.45, 2.75) is 5.75 Å². The molecule has 4 N–H and O–H groups in total. The van der Waals surface area contributed by atoms with Crippen molar-refractivity contribution in [3.8, 4) is 11.1 Å². The van der Waals surface area contributed by atoms with Crippen LogP contribution in [0.2, 0.25) is 0 Å². The minimum absolute atomic E-state index is 0.194. The Morgan fingerprint density at radius 2 is 1.46 bits per heavy atom. The molecule has 0 heterocycles. The molecule has 0 saturated carbocycles. The lowest BCUT2D eigenvalue weighted by Crippen LogP contribution is -2.35. The fourth-order valence-corrected chi connectivity index (χ4v) is 3.43. The summed E-state index contributed by atoms with van der Waals surface area (Å²) in [6.07, 6.45) is 0. The van der Waals surface area contributed by atoms with Crippen LogP contribution in [-0.4, -0.2) is 31.2 Å². The van der Waals surface area contributed by atoms with Gasteiger partial charge in [-0.3, -0.25) is 10.2 Å². The highest BCUT2D eigenvalue weighted by Crippen LogP contribution is 2.21. The van der Waals surface area contributed by atoms with Gasteiger partial charge in [-0.2, -0.15) is 0 Å². The number of aromatic carboxylic acids is 1. The molecule has 0 spiro atoms. The van der Waals surface area contributed by atoms with E-state index in [0.717, 1.165) is 11.1 Å². The molecule has 2 rings (SSSR count). The number of rotatable bonds is 6. The van der Waals surface area contributed by atoms with E-state index in [-0.39, 0.29) is 11.3 Å². The summed E-state index contributed by atoms with van der Waals surface area (Å²) in [5, 5.41) is 8.88. The number of benzene rings is 2. The Morgan fingerprint density at radius 1 is 0.958 bits per heavy atom. The predicted molar refractivity (Wildman–Crippen MR) is 88.7 cm³/mol. The Labute approximate surface area is 139 Å². The van der Waals surface area contributed by atoms with Crippen LogP contribution in [0.25, 0.3) is 11.1 Å². The molecule has 0 radical (unpaired) electrons. The molecule has 0 fully saturated rings. The third kappa shape index (κ3) is 4.64. The lowest BCUT2D eigenvalue weighted by molar-refractivity contribution is -0.118. The number of carbonyl (C=O) groups excluding carboxylic acids is 1. The van der Waals surface area contributed by atoms with E-state index in [1.54, 1.807) is 41.8 Å². The SMILES string of the molecule is NNC(=O)CS(=O)(=O)Cc1ccc(-c2ccc(C(=O)O)cc2)cc1. The summed E-state index contributed by atoms with van der Waals surface area (Å²) in [7, 11) is -3.60. The van der Waals surface area contributed by atoms with Gasteiger partial charge in [-0.05, 0) is 28.8 Å².